The van der Waals surface area contributed by atoms with Crippen molar-refractivity contribution in [2.24, 2.45) is 0 Å². The molecule has 0 bridgehead atoms. The standard InChI is InChI=1S/C14H23NO2S/c1-4-17-14-7-5-13(6-8-14)11-15-10-9-12(2)18(3)16/h5-8,12,15H,4,9-11H2,1-3H3. The molecule has 0 spiro atoms. The van der Waals surface area contributed by atoms with Crippen molar-refractivity contribution in [1.82, 2.24) is 5.32 Å². The third-order valence-electron chi connectivity index (χ3n) is 2.86. The lowest BCUT2D eigenvalue weighted by Crippen LogP contribution is -2.20. The summed E-state index contributed by atoms with van der Waals surface area (Å²) in [7, 11) is -0.720. The van der Waals surface area contributed by atoms with Gasteiger partial charge in [-0.3, -0.25) is 4.21 Å². The van der Waals surface area contributed by atoms with Crippen LogP contribution in [0.5, 0.6) is 5.75 Å². The zero-order valence-corrected chi connectivity index (χ0v) is 12.3. The highest BCUT2D eigenvalue weighted by atomic mass is 32.2. The Hall–Kier alpha value is -0.870. The minimum atomic E-state index is -0.720. The SMILES string of the molecule is CCOc1ccc(CNCCC(C)S(C)=O)cc1. The first-order chi connectivity index (χ1) is 8.63. The van der Waals surface area contributed by atoms with E-state index in [9.17, 15) is 4.21 Å². The van der Waals surface area contributed by atoms with E-state index in [1.807, 2.05) is 26.0 Å². The molecule has 0 saturated heterocycles. The Kier molecular flexibility index (Phi) is 6.98. The molecule has 0 aliphatic carbocycles. The zero-order valence-electron chi connectivity index (χ0n) is 11.4. The van der Waals surface area contributed by atoms with Gasteiger partial charge in [-0.25, -0.2) is 0 Å². The van der Waals surface area contributed by atoms with Crippen molar-refractivity contribution in [3.05, 3.63) is 29.8 Å². The summed E-state index contributed by atoms with van der Waals surface area (Å²) in [5.41, 5.74) is 1.24. The third-order valence-corrected chi connectivity index (χ3v) is 4.23. The third kappa shape index (κ3) is 5.65. The molecule has 2 atom stereocenters. The van der Waals surface area contributed by atoms with Crippen LogP contribution in [0.4, 0.5) is 0 Å². The minimum Gasteiger partial charge on any atom is -0.494 e. The molecule has 0 saturated carbocycles. The molecule has 0 fully saturated rings. The highest BCUT2D eigenvalue weighted by Crippen LogP contribution is 2.11. The zero-order chi connectivity index (χ0) is 13.4. The molecule has 1 aromatic carbocycles. The Morgan fingerprint density at radius 1 is 1.33 bits per heavy atom. The van der Waals surface area contributed by atoms with Crippen molar-refractivity contribution in [2.75, 3.05) is 19.4 Å². The lowest BCUT2D eigenvalue weighted by Gasteiger charge is -2.09. The molecule has 0 aromatic heterocycles. The van der Waals surface area contributed by atoms with Crippen LogP contribution in [-0.2, 0) is 17.3 Å². The predicted molar refractivity (Wildman–Crippen MR) is 77.5 cm³/mol. The summed E-state index contributed by atoms with van der Waals surface area (Å²) in [5, 5.41) is 3.63. The smallest absolute Gasteiger partial charge is 0.119 e. The average molecular weight is 269 g/mol. The first-order valence-corrected chi connectivity index (χ1v) is 8.00. The summed E-state index contributed by atoms with van der Waals surface area (Å²) < 4.78 is 16.6. The summed E-state index contributed by atoms with van der Waals surface area (Å²) in [6.45, 7) is 6.44. The quantitative estimate of drug-likeness (QED) is 0.736. The number of hydrogen-bond donors (Lipinski definition) is 1. The van der Waals surface area contributed by atoms with Crippen LogP contribution in [0.1, 0.15) is 25.8 Å². The van der Waals surface area contributed by atoms with Gasteiger partial charge >= 0.3 is 0 Å². The fourth-order valence-corrected chi connectivity index (χ4v) is 2.02. The number of benzene rings is 1. The van der Waals surface area contributed by atoms with E-state index < -0.39 is 10.8 Å². The van der Waals surface area contributed by atoms with Gasteiger partial charge in [-0.1, -0.05) is 19.1 Å². The number of ether oxygens (including phenoxy) is 1. The van der Waals surface area contributed by atoms with Gasteiger partial charge in [0.2, 0.25) is 0 Å². The monoisotopic (exact) mass is 269 g/mol. The molecular weight excluding hydrogens is 246 g/mol. The van der Waals surface area contributed by atoms with Gasteiger partial charge in [-0.05, 0) is 37.6 Å². The van der Waals surface area contributed by atoms with Gasteiger partial charge in [-0.15, -0.1) is 0 Å². The second kappa shape index (κ2) is 8.27. The molecule has 18 heavy (non-hydrogen) atoms. The van der Waals surface area contributed by atoms with Gasteiger partial charge in [0.05, 0.1) is 6.61 Å². The molecule has 0 aliphatic heterocycles. The van der Waals surface area contributed by atoms with Gasteiger partial charge in [0.15, 0.2) is 0 Å². The van der Waals surface area contributed by atoms with Crippen molar-refractivity contribution in [1.29, 1.82) is 0 Å². The largest absolute Gasteiger partial charge is 0.494 e. The summed E-state index contributed by atoms with van der Waals surface area (Å²) in [4.78, 5) is 0. The van der Waals surface area contributed by atoms with Gasteiger partial charge in [0.1, 0.15) is 5.75 Å². The van der Waals surface area contributed by atoms with E-state index >= 15 is 0 Å². The van der Waals surface area contributed by atoms with Crippen LogP contribution in [0.15, 0.2) is 24.3 Å². The predicted octanol–water partition coefficient (Wildman–Crippen LogP) is 2.33. The molecule has 1 rings (SSSR count). The van der Waals surface area contributed by atoms with Crippen LogP contribution in [-0.4, -0.2) is 28.9 Å². The van der Waals surface area contributed by atoms with E-state index in [1.165, 1.54) is 5.56 Å². The Labute approximate surface area is 112 Å². The van der Waals surface area contributed by atoms with Crippen molar-refractivity contribution < 1.29 is 8.95 Å². The molecule has 1 aromatic rings. The second-order valence-electron chi connectivity index (χ2n) is 4.35. The Bertz CT molecular complexity index is 365. The fraction of sp³-hybridized carbons (Fsp3) is 0.571. The topological polar surface area (TPSA) is 38.3 Å². The van der Waals surface area contributed by atoms with Crippen LogP contribution in [0.25, 0.3) is 0 Å². The molecule has 4 heteroatoms. The maximum Gasteiger partial charge on any atom is 0.119 e. The Balaban J connectivity index is 2.25. The first kappa shape index (κ1) is 15.2. The lowest BCUT2D eigenvalue weighted by atomic mass is 10.2. The molecule has 0 radical (unpaired) electrons. The van der Waals surface area contributed by atoms with Crippen LogP contribution in [0.3, 0.4) is 0 Å². The van der Waals surface area contributed by atoms with E-state index in [2.05, 4.69) is 17.4 Å². The first-order valence-electron chi connectivity index (χ1n) is 6.38. The maximum atomic E-state index is 11.2. The summed E-state index contributed by atoms with van der Waals surface area (Å²) in [6.07, 6.45) is 2.71. The summed E-state index contributed by atoms with van der Waals surface area (Å²) >= 11 is 0. The normalized spacial score (nSPS) is 14.2. The summed E-state index contributed by atoms with van der Waals surface area (Å²) in [5.74, 6) is 0.913. The minimum absolute atomic E-state index is 0.262. The molecule has 3 nitrogen and oxygen atoms in total. The Morgan fingerprint density at radius 2 is 2.00 bits per heavy atom. The van der Waals surface area contributed by atoms with Gasteiger partial charge in [0.25, 0.3) is 0 Å². The van der Waals surface area contributed by atoms with Crippen molar-refractivity contribution in [3.8, 4) is 5.75 Å². The summed E-state index contributed by atoms with van der Waals surface area (Å²) in [6, 6.07) is 8.12. The van der Waals surface area contributed by atoms with Gasteiger partial charge in [0, 0.05) is 28.9 Å². The molecule has 0 aliphatic rings. The van der Waals surface area contributed by atoms with Crippen LogP contribution in [0.2, 0.25) is 0 Å². The van der Waals surface area contributed by atoms with E-state index in [-0.39, 0.29) is 5.25 Å². The van der Waals surface area contributed by atoms with Crippen molar-refractivity contribution in [2.45, 2.75) is 32.1 Å². The average Bonchev–Trinajstić information content (AvgIpc) is 2.36. The molecule has 0 heterocycles. The highest BCUT2D eigenvalue weighted by molar-refractivity contribution is 7.84. The second-order valence-corrected chi connectivity index (χ2v) is 6.15. The molecule has 1 N–H and O–H groups in total. The fourth-order valence-electron chi connectivity index (χ4n) is 1.57. The van der Waals surface area contributed by atoms with Gasteiger partial charge < -0.3 is 10.1 Å². The molecule has 2 unspecified atom stereocenters. The van der Waals surface area contributed by atoms with Crippen LogP contribution >= 0.6 is 0 Å². The van der Waals surface area contributed by atoms with Crippen LogP contribution < -0.4 is 10.1 Å². The van der Waals surface area contributed by atoms with E-state index in [0.29, 0.717) is 6.61 Å². The number of nitrogens with one attached hydrogen (secondary N) is 1. The highest BCUT2D eigenvalue weighted by Gasteiger charge is 2.04. The van der Waals surface area contributed by atoms with Crippen molar-refractivity contribution in [3.63, 3.8) is 0 Å². The molecule has 0 amide bonds. The molecule has 102 valence electrons. The number of rotatable bonds is 8. The van der Waals surface area contributed by atoms with E-state index in [1.54, 1.807) is 6.26 Å². The molecular formula is C14H23NO2S. The van der Waals surface area contributed by atoms with Crippen molar-refractivity contribution >= 4 is 10.8 Å². The number of hydrogen-bond acceptors (Lipinski definition) is 3. The lowest BCUT2D eigenvalue weighted by molar-refractivity contribution is 0.340. The van der Waals surface area contributed by atoms with Crippen LogP contribution in [0, 0.1) is 0 Å². The van der Waals surface area contributed by atoms with Gasteiger partial charge in [-0.2, -0.15) is 0 Å². The maximum absolute atomic E-state index is 11.2. The van der Waals surface area contributed by atoms with E-state index in [4.69, 9.17) is 4.74 Å². The van der Waals surface area contributed by atoms with E-state index in [0.717, 1.165) is 25.3 Å². The Morgan fingerprint density at radius 3 is 2.56 bits per heavy atom.